The molecule has 0 spiro atoms. The van der Waals surface area contributed by atoms with Gasteiger partial charge in [-0.1, -0.05) is 141 Å². The Bertz CT molecular complexity index is 2650. The predicted molar refractivity (Wildman–Crippen MR) is 409 cm³/mol. The fourth-order valence-corrected chi connectivity index (χ4v) is 74.6. The summed E-state index contributed by atoms with van der Waals surface area (Å²) in [7, 11) is 0. The van der Waals surface area contributed by atoms with Crippen molar-refractivity contribution in [1.29, 1.82) is 0 Å². The number of fused-ring (bicyclic) bond motifs is 3. The Morgan fingerprint density at radius 2 is 0.494 bits per heavy atom. The van der Waals surface area contributed by atoms with Gasteiger partial charge in [-0.05, 0) is 147 Å². The van der Waals surface area contributed by atoms with Crippen molar-refractivity contribution < 1.29 is 0 Å². The topological polar surface area (TPSA) is 0 Å². The number of allylic oxidation sites excluding steroid dienone is 6. The monoisotopic (exact) mass is 1810 g/mol. The van der Waals surface area contributed by atoms with Crippen LogP contribution < -0.4 is 0 Å². The Hall–Kier alpha value is 4.74. The summed E-state index contributed by atoms with van der Waals surface area (Å²) in [4.78, 5) is 19.6. The van der Waals surface area contributed by atoms with Gasteiger partial charge in [0.2, 0.25) is 0 Å². The first-order valence-corrected chi connectivity index (χ1v) is 58.6. The molecule has 3 aromatic rings. The van der Waals surface area contributed by atoms with Crippen LogP contribution in [-0.4, -0.2) is 36.8 Å². The number of hydrogen-bond donors (Lipinski definition) is 0. The summed E-state index contributed by atoms with van der Waals surface area (Å²) in [6, 6.07) is 0. The van der Waals surface area contributed by atoms with Crippen LogP contribution in [0.25, 0.3) is 12.2 Å². The van der Waals surface area contributed by atoms with E-state index in [0.29, 0.717) is 0 Å². The number of unbranched alkanes of at least 4 members (excludes halogenated alkanes) is 6. The summed E-state index contributed by atoms with van der Waals surface area (Å²) in [5.41, 5.74) is 0. The molecule has 0 bridgehead atoms. The molecule has 0 amide bonds. The van der Waals surface area contributed by atoms with Crippen molar-refractivity contribution >= 4 is 288 Å². The number of thioether (sulfide) groups is 12. The molecule has 434 valence electrons. The zero-order valence-electron chi connectivity index (χ0n) is 47.7. The van der Waals surface area contributed by atoms with E-state index in [9.17, 15) is 0 Å². The third-order valence-electron chi connectivity index (χ3n) is 14.3. The van der Waals surface area contributed by atoms with Gasteiger partial charge in [-0.15, -0.1) is 34.0 Å². The van der Waals surface area contributed by atoms with E-state index in [1.165, 1.54) is 186 Å². The van der Waals surface area contributed by atoms with E-state index in [2.05, 4.69) is 167 Å². The van der Waals surface area contributed by atoms with Gasteiger partial charge in [0, 0.05) is 19.5 Å². The van der Waals surface area contributed by atoms with E-state index < -0.39 is 36.8 Å². The third kappa shape index (κ3) is 19.4. The molecule has 0 fully saturated rings. The average molecular weight is 1810 g/mol. The average Bonchev–Trinajstić information content (AvgIpc) is 4.51. The SMILES string of the molecule is CC1=C(C)SC(=C2Sc3c(Br)sc(/C=C/c4sc(Br)c5c4SC(=C4SC(C)=C(C)S4)S5)c3S2)S1.CC1=C(C)SC(=C2Sc3c(Br)sc(Br)c3S2)S1.CCC[CH2][Sn]([CH]=[CH][Sn]([CH2]CCC)([CH2]CCC)[CH2]CCC)([CH2]CCC)[CH2]CCC. The first-order valence-electron chi connectivity index (χ1n) is 27.8. The van der Waals surface area contributed by atoms with Gasteiger partial charge < -0.3 is 0 Å². The van der Waals surface area contributed by atoms with E-state index in [4.69, 9.17) is 0 Å². The molecule has 9 heterocycles. The summed E-state index contributed by atoms with van der Waals surface area (Å²) in [6.45, 7) is 27.8. The van der Waals surface area contributed by atoms with Gasteiger partial charge in [0.25, 0.3) is 0 Å². The van der Waals surface area contributed by atoms with Gasteiger partial charge in [0.05, 0.1) is 60.2 Å². The summed E-state index contributed by atoms with van der Waals surface area (Å²) >= 11 is 39.2. The zero-order valence-corrected chi connectivity index (χ0v) is 72.0. The van der Waals surface area contributed by atoms with Crippen LogP contribution in [0.2, 0.25) is 26.6 Å². The summed E-state index contributed by atoms with van der Waals surface area (Å²) in [6.07, 6.45) is 22.1. The molecular weight excluding hydrogens is 1730 g/mol. The van der Waals surface area contributed by atoms with E-state index >= 15 is 0 Å². The Labute approximate surface area is 582 Å². The Balaban J connectivity index is 0.000000181. The Morgan fingerprint density at radius 3 is 0.734 bits per heavy atom. The Kier molecular flexibility index (Phi) is 31.5. The number of thiophene rings is 3. The number of hydrogen-bond acceptors (Lipinski definition) is 15. The van der Waals surface area contributed by atoms with Crippen molar-refractivity contribution in [1.82, 2.24) is 0 Å². The summed E-state index contributed by atoms with van der Waals surface area (Å²) < 4.78 is 29.6. The summed E-state index contributed by atoms with van der Waals surface area (Å²) in [5.74, 6) is 0. The quantitative estimate of drug-likeness (QED) is 0.0880. The van der Waals surface area contributed by atoms with Crippen LogP contribution in [-0.2, 0) is 0 Å². The number of halogens is 4. The van der Waals surface area contributed by atoms with Gasteiger partial charge in [0.15, 0.2) is 0 Å². The van der Waals surface area contributed by atoms with Gasteiger partial charge >= 0.3 is 190 Å². The fourth-order valence-electron chi connectivity index (χ4n) is 9.26. The molecule has 0 aliphatic carbocycles. The third-order valence-corrected chi connectivity index (χ3v) is 70.5. The van der Waals surface area contributed by atoms with Crippen molar-refractivity contribution in [2.75, 3.05) is 0 Å². The van der Waals surface area contributed by atoms with Crippen molar-refractivity contribution in [2.45, 2.75) is 216 Å². The van der Waals surface area contributed by atoms with Crippen LogP contribution in [0.4, 0.5) is 0 Å². The van der Waals surface area contributed by atoms with Crippen LogP contribution in [0.3, 0.4) is 0 Å². The molecular formula is C58H76Br4S15Sn2. The first-order chi connectivity index (χ1) is 37.9. The molecule has 0 N–H and O–H groups in total. The molecule has 6 aliphatic heterocycles. The van der Waals surface area contributed by atoms with Crippen molar-refractivity contribution in [3.05, 3.63) is 87.9 Å². The molecule has 0 nitrogen and oxygen atoms in total. The second-order valence-corrected chi connectivity index (χ2v) is 69.8. The minimum atomic E-state index is -2.10. The molecule has 9 rings (SSSR count). The van der Waals surface area contributed by atoms with Gasteiger partial charge in [-0.2, -0.15) is 0 Å². The molecule has 3 aromatic heterocycles. The number of rotatable bonds is 22. The molecule has 21 heteroatoms. The molecule has 0 unspecified atom stereocenters. The van der Waals surface area contributed by atoms with Crippen LogP contribution in [0, 0.1) is 0 Å². The second kappa shape index (κ2) is 35.0. The van der Waals surface area contributed by atoms with Crippen molar-refractivity contribution in [3.63, 3.8) is 0 Å². The standard InChI is InChI=1S/C22H14Br2S10.C10H6Br2S5.6C4H9.C2H2.2Sn/c1-7-8(2)26-19(25-7)21-31-13-11(29-17(23)15(13)33-21)5-6-12-14-16(18(24)30-12)34-22(32-14)20-27-9(3)10(4)28-20;1-3-4(2)14-9(13-3)10-15-5-6(16-10)8(12)17-7(5)11;6*1-3-4-2;1-2;;/h5-6H,1-4H3;1-2H3;6*1,3-4H2,2H3;1-2H;;/b6-5+;;;;;;;;;;. The van der Waals surface area contributed by atoms with E-state index in [1.807, 2.05) is 164 Å². The first kappa shape index (κ1) is 71.2. The van der Waals surface area contributed by atoms with Crippen molar-refractivity contribution in [2.24, 2.45) is 0 Å². The van der Waals surface area contributed by atoms with Crippen LogP contribution in [0.5, 0.6) is 0 Å². The summed E-state index contributed by atoms with van der Waals surface area (Å²) in [5, 5.41) is 0. The van der Waals surface area contributed by atoms with Gasteiger partial charge in [-0.25, -0.2) is 0 Å². The zero-order chi connectivity index (χ0) is 57.0. The van der Waals surface area contributed by atoms with Gasteiger partial charge in [-0.3, -0.25) is 0 Å². The van der Waals surface area contributed by atoms with E-state index in [1.54, 1.807) is 38.0 Å². The molecule has 0 aromatic carbocycles. The van der Waals surface area contributed by atoms with Crippen LogP contribution in [0.1, 0.15) is 170 Å². The van der Waals surface area contributed by atoms with Crippen LogP contribution >= 0.6 is 239 Å². The normalized spacial score (nSPS) is 17.5. The van der Waals surface area contributed by atoms with Crippen LogP contribution in [0.15, 0.2) is 108 Å². The van der Waals surface area contributed by atoms with E-state index in [-0.39, 0.29) is 0 Å². The van der Waals surface area contributed by atoms with Crippen molar-refractivity contribution in [3.8, 4) is 0 Å². The molecule has 0 saturated carbocycles. The molecule has 0 radical (unpaired) electrons. The maximum atomic E-state index is 3.84. The second-order valence-electron chi connectivity index (χ2n) is 20.4. The molecule has 6 aliphatic rings. The molecule has 0 saturated heterocycles. The molecule has 0 atom stereocenters. The predicted octanol–water partition coefficient (Wildman–Crippen LogP) is 31.3. The molecule has 79 heavy (non-hydrogen) atoms. The van der Waals surface area contributed by atoms with E-state index in [0.717, 1.165) is 0 Å². The van der Waals surface area contributed by atoms with Gasteiger partial charge in [0.1, 0.15) is 0 Å². The fraction of sp³-hybridized carbons (Fsp3) is 0.517. The maximum absolute atomic E-state index is 3.84. The minimum absolute atomic E-state index is 1.24. The Morgan fingerprint density at radius 1 is 0.291 bits per heavy atom.